The lowest BCUT2D eigenvalue weighted by molar-refractivity contribution is -0.137. The second-order valence-corrected chi connectivity index (χ2v) is 5.74. The molecule has 0 radical (unpaired) electrons. The highest BCUT2D eigenvalue weighted by Gasteiger charge is 2.38. The van der Waals surface area contributed by atoms with Crippen molar-refractivity contribution in [3.63, 3.8) is 0 Å². The van der Waals surface area contributed by atoms with Gasteiger partial charge in [-0.15, -0.1) is 0 Å². The molecule has 0 spiro atoms. The third-order valence-electron chi connectivity index (χ3n) is 3.06. The van der Waals surface area contributed by atoms with Gasteiger partial charge in [0.1, 0.15) is 0 Å². The van der Waals surface area contributed by atoms with Crippen molar-refractivity contribution in [2.45, 2.75) is 25.1 Å². The molecule has 1 atom stereocenters. The first-order valence-corrected chi connectivity index (χ1v) is 6.32. The molecule has 1 unspecified atom stereocenters. The third kappa shape index (κ3) is 2.80. The number of benzene rings is 1. The molecule has 1 N–H and O–H groups in total. The molecule has 1 saturated heterocycles. The van der Waals surface area contributed by atoms with Gasteiger partial charge in [-0.3, -0.25) is 0 Å². The molecule has 6 heteroatoms. The van der Waals surface area contributed by atoms with Gasteiger partial charge in [-0.2, -0.15) is 13.2 Å². The molecule has 100 valence electrons. The zero-order valence-corrected chi connectivity index (χ0v) is 11.3. The number of alkyl halides is 3. The molecule has 0 aliphatic carbocycles. The van der Waals surface area contributed by atoms with Crippen LogP contribution in [0.5, 0.6) is 0 Å². The first-order chi connectivity index (χ1) is 8.19. The van der Waals surface area contributed by atoms with Crippen LogP contribution < -0.4 is 4.90 Å². The van der Waals surface area contributed by atoms with E-state index in [-0.39, 0.29) is 12.2 Å². The Morgan fingerprint density at radius 2 is 2.06 bits per heavy atom. The molecule has 2 nitrogen and oxygen atoms in total. The van der Waals surface area contributed by atoms with Crippen molar-refractivity contribution in [2.24, 2.45) is 0 Å². The largest absolute Gasteiger partial charge is 0.418 e. The van der Waals surface area contributed by atoms with Crippen LogP contribution >= 0.6 is 15.9 Å². The Balaban J connectivity index is 2.41. The summed E-state index contributed by atoms with van der Waals surface area (Å²) in [6.45, 7) is 2.28. The van der Waals surface area contributed by atoms with Gasteiger partial charge >= 0.3 is 6.18 Å². The number of nitrogens with zero attached hydrogens (tertiary/aromatic N) is 1. The normalized spacial score (nSPS) is 24.7. The molecule has 1 aromatic rings. The quantitative estimate of drug-likeness (QED) is 0.856. The number of aliphatic hydroxyl groups is 1. The van der Waals surface area contributed by atoms with E-state index in [1.165, 1.54) is 12.1 Å². The van der Waals surface area contributed by atoms with E-state index >= 15 is 0 Å². The van der Waals surface area contributed by atoms with Crippen molar-refractivity contribution in [3.05, 3.63) is 28.2 Å². The monoisotopic (exact) mass is 323 g/mol. The molecule has 1 aromatic carbocycles. The minimum absolute atomic E-state index is 0.120. The van der Waals surface area contributed by atoms with Crippen LogP contribution in [0.15, 0.2) is 22.7 Å². The average Bonchev–Trinajstić information content (AvgIpc) is 2.57. The Morgan fingerprint density at radius 3 is 2.56 bits per heavy atom. The standard InChI is InChI=1S/C12H13BrF3NO/c1-11(18)4-5-17(7-11)10-6-8(13)2-3-9(10)12(14,15)16/h2-3,6,18H,4-5,7H2,1H3. The van der Waals surface area contributed by atoms with E-state index in [2.05, 4.69) is 15.9 Å². The summed E-state index contributed by atoms with van der Waals surface area (Å²) in [5.74, 6) is 0. The summed E-state index contributed by atoms with van der Waals surface area (Å²) in [5.41, 5.74) is -1.47. The fourth-order valence-electron chi connectivity index (χ4n) is 2.16. The minimum Gasteiger partial charge on any atom is -0.388 e. The molecule has 1 fully saturated rings. The smallest absolute Gasteiger partial charge is 0.388 e. The van der Waals surface area contributed by atoms with Crippen LogP contribution in [0.1, 0.15) is 18.9 Å². The highest BCUT2D eigenvalue weighted by molar-refractivity contribution is 9.10. The number of hydrogen-bond acceptors (Lipinski definition) is 2. The van der Waals surface area contributed by atoms with Crippen LogP contribution in [0.2, 0.25) is 0 Å². The summed E-state index contributed by atoms with van der Waals surface area (Å²) in [6, 6.07) is 3.89. The van der Waals surface area contributed by atoms with E-state index in [1.807, 2.05) is 0 Å². The number of halogens is 4. The lowest BCUT2D eigenvalue weighted by Crippen LogP contribution is -2.30. The van der Waals surface area contributed by atoms with E-state index in [4.69, 9.17) is 0 Å². The number of rotatable bonds is 1. The molecule has 0 aromatic heterocycles. The number of hydrogen-bond donors (Lipinski definition) is 1. The van der Waals surface area contributed by atoms with Crippen LogP contribution in [-0.2, 0) is 6.18 Å². The molecule has 18 heavy (non-hydrogen) atoms. The van der Waals surface area contributed by atoms with Gasteiger partial charge in [-0.25, -0.2) is 0 Å². The van der Waals surface area contributed by atoms with Gasteiger partial charge in [-0.05, 0) is 31.5 Å². The maximum absolute atomic E-state index is 12.9. The van der Waals surface area contributed by atoms with Crippen LogP contribution in [0.25, 0.3) is 0 Å². The van der Waals surface area contributed by atoms with Gasteiger partial charge in [-0.1, -0.05) is 15.9 Å². The van der Waals surface area contributed by atoms with Crippen LogP contribution in [0.4, 0.5) is 18.9 Å². The molecule has 1 aliphatic heterocycles. The van der Waals surface area contributed by atoms with Crippen LogP contribution in [0, 0.1) is 0 Å². The zero-order valence-electron chi connectivity index (χ0n) is 9.76. The fourth-order valence-corrected chi connectivity index (χ4v) is 2.51. The molecule has 1 aliphatic rings. The average molecular weight is 324 g/mol. The molecular formula is C12H13BrF3NO. The van der Waals surface area contributed by atoms with Gasteiger partial charge < -0.3 is 10.0 Å². The Kier molecular flexibility index (Phi) is 3.36. The van der Waals surface area contributed by atoms with Gasteiger partial charge in [0, 0.05) is 17.6 Å². The summed E-state index contributed by atoms with van der Waals surface area (Å²) in [6.07, 6.45) is -3.92. The van der Waals surface area contributed by atoms with Crippen LogP contribution in [0.3, 0.4) is 0 Å². The van der Waals surface area contributed by atoms with E-state index in [1.54, 1.807) is 11.8 Å². The second kappa shape index (κ2) is 4.42. The van der Waals surface area contributed by atoms with E-state index in [0.717, 1.165) is 6.07 Å². The summed E-state index contributed by atoms with van der Waals surface area (Å²) in [4.78, 5) is 1.58. The van der Waals surface area contributed by atoms with Gasteiger partial charge in [0.2, 0.25) is 0 Å². The number of anilines is 1. The topological polar surface area (TPSA) is 23.5 Å². The van der Waals surface area contributed by atoms with Crippen LogP contribution in [-0.4, -0.2) is 23.8 Å². The lowest BCUT2D eigenvalue weighted by atomic mass is 10.1. The zero-order chi connectivity index (χ0) is 13.6. The molecule has 0 bridgehead atoms. The second-order valence-electron chi connectivity index (χ2n) is 4.83. The predicted octanol–water partition coefficient (Wildman–Crippen LogP) is 3.43. The Hall–Kier alpha value is -0.750. The Bertz CT molecular complexity index is 459. The Morgan fingerprint density at radius 1 is 1.39 bits per heavy atom. The van der Waals surface area contributed by atoms with Crippen molar-refractivity contribution in [1.82, 2.24) is 0 Å². The predicted molar refractivity (Wildman–Crippen MR) is 66.6 cm³/mol. The molecule has 0 amide bonds. The van der Waals surface area contributed by atoms with Gasteiger partial charge in [0.25, 0.3) is 0 Å². The maximum atomic E-state index is 12.9. The summed E-state index contributed by atoms with van der Waals surface area (Å²) in [7, 11) is 0. The minimum atomic E-state index is -4.38. The van der Waals surface area contributed by atoms with Crippen molar-refractivity contribution in [3.8, 4) is 0 Å². The summed E-state index contributed by atoms with van der Waals surface area (Å²) in [5, 5.41) is 9.85. The van der Waals surface area contributed by atoms with Crippen molar-refractivity contribution in [2.75, 3.05) is 18.0 Å². The molecule has 1 heterocycles. The first-order valence-electron chi connectivity index (χ1n) is 5.53. The van der Waals surface area contributed by atoms with Crippen molar-refractivity contribution < 1.29 is 18.3 Å². The summed E-state index contributed by atoms with van der Waals surface area (Å²) < 4.78 is 39.4. The highest BCUT2D eigenvalue weighted by Crippen LogP contribution is 2.40. The SMILES string of the molecule is CC1(O)CCN(c2cc(Br)ccc2C(F)(F)F)C1. The summed E-state index contributed by atoms with van der Waals surface area (Å²) >= 11 is 3.18. The van der Waals surface area contributed by atoms with Crippen molar-refractivity contribution in [1.29, 1.82) is 0 Å². The maximum Gasteiger partial charge on any atom is 0.418 e. The highest BCUT2D eigenvalue weighted by atomic mass is 79.9. The molecular weight excluding hydrogens is 311 g/mol. The lowest BCUT2D eigenvalue weighted by Gasteiger charge is -2.24. The van der Waals surface area contributed by atoms with E-state index in [0.29, 0.717) is 17.4 Å². The molecule has 0 saturated carbocycles. The van der Waals surface area contributed by atoms with E-state index < -0.39 is 17.3 Å². The van der Waals surface area contributed by atoms with Crippen molar-refractivity contribution >= 4 is 21.6 Å². The first kappa shape index (κ1) is 13.7. The molecule has 2 rings (SSSR count). The van der Waals surface area contributed by atoms with E-state index in [9.17, 15) is 18.3 Å². The number of β-amino-alcohol motifs (C(OH)–C–C–N with tert-alkyl or cyclic N) is 1. The van der Waals surface area contributed by atoms with Gasteiger partial charge in [0.05, 0.1) is 16.9 Å². The Labute approximate surface area is 112 Å². The van der Waals surface area contributed by atoms with Gasteiger partial charge in [0.15, 0.2) is 0 Å². The fraction of sp³-hybridized carbons (Fsp3) is 0.500. The third-order valence-corrected chi connectivity index (χ3v) is 3.55.